The number of nitrogens with one attached hydrogen (secondary N) is 1. The minimum Gasteiger partial charge on any atom is -0.379 e. The van der Waals surface area contributed by atoms with E-state index in [9.17, 15) is 9.59 Å². The van der Waals surface area contributed by atoms with Crippen molar-refractivity contribution < 1.29 is 14.3 Å². The minimum absolute atomic E-state index is 0.174. The maximum absolute atomic E-state index is 12.1. The van der Waals surface area contributed by atoms with Crippen LogP contribution in [0.1, 0.15) is 12.0 Å². The molecule has 0 aliphatic carbocycles. The lowest BCUT2D eigenvalue weighted by Gasteiger charge is -2.18. The minimum atomic E-state index is -0.426. The smallest absolute Gasteiger partial charge is 0.328 e. The molecule has 0 bridgehead atoms. The predicted octanol–water partition coefficient (Wildman–Crippen LogP) is 0.607. The van der Waals surface area contributed by atoms with Gasteiger partial charge in [-0.05, 0) is 17.7 Å². The second-order valence-corrected chi connectivity index (χ2v) is 4.35. The molecule has 1 aliphatic heterocycles. The number of ether oxygens (including phenoxy) is 1. The van der Waals surface area contributed by atoms with E-state index in [-0.39, 0.29) is 18.4 Å². The number of nitrogens with zero attached hydrogens (tertiary/aromatic N) is 1. The van der Waals surface area contributed by atoms with Crippen LogP contribution in [0.3, 0.4) is 0 Å². The van der Waals surface area contributed by atoms with Gasteiger partial charge in [0.25, 0.3) is 0 Å². The van der Waals surface area contributed by atoms with Crippen molar-refractivity contribution in [3.05, 3.63) is 29.8 Å². The first-order valence-corrected chi connectivity index (χ1v) is 6.08. The summed E-state index contributed by atoms with van der Waals surface area (Å²) in [7, 11) is 1.52. The Kier molecular flexibility index (Phi) is 4.13. The van der Waals surface area contributed by atoms with Gasteiger partial charge in [0.05, 0.1) is 18.2 Å². The zero-order valence-electron chi connectivity index (χ0n) is 10.8. The van der Waals surface area contributed by atoms with Crippen molar-refractivity contribution >= 4 is 17.6 Å². The van der Waals surface area contributed by atoms with E-state index in [0.717, 1.165) is 10.5 Å². The fourth-order valence-electron chi connectivity index (χ4n) is 1.96. The third-order valence-corrected chi connectivity index (χ3v) is 3.10. The van der Waals surface area contributed by atoms with Crippen LogP contribution in [0.25, 0.3) is 0 Å². The van der Waals surface area contributed by atoms with Gasteiger partial charge in [0.15, 0.2) is 0 Å². The molecule has 2 rings (SSSR count). The fourth-order valence-corrected chi connectivity index (χ4v) is 1.96. The number of urea groups is 1. The molecule has 6 nitrogen and oxygen atoms in total. The summed E-state index contributed by atoms with van der Waals surface area (Å²) in [5, 5.41) is 2.67. The van der Waals surface area contributed by atoms with E-state index in [1.54, 1.807) is 24.3 Å². The predicted molar refractivity (Wildman–Crippen MR) is 70.6 cm³/mol. The van der Waals surface area contributed by atoms with Crippen LogP contribution >= 0.6 is 0 Å². The van der Waals surface area contributed by atoms with Crippen LogP contribution in [0.2, 0.25) is 0 Å². The van der Waals surface area contributed by atoms with Gasteiger partial charge < -0.3 is 15.8 Å². The molecule has 19 heavy (non-hydrogen) atoms. The van der Waals surface area contributed by atoms with Gasteiger partial charge in [-0.2, -0.15) is 0 Å². The van der Waals surface area contributed by atoms with Gasteiger partial charge >= 0.3 is 6.03 Å². The van der Waals surface area contributed by atoms with Crippen molar-refractivity contribution in [2.45, 2.75) is 19.1 Å². The van der Waals surface area contributed by atoms with E-state index >= 15 is 0 Å². The molecule has 102 valence electrons. The summed E-state index contributed by atoms with van der Waals surface area (Å²) in [6.45, 7) is 0.755. The van der Waals surface area contributed by atoms with E-state index in [0.29, 0.717) is 18.8 Å². The van der Waals surface area contributed by atoms with Gasteiger partial charge in [-0.25, -0.2) is 9.69 Å². The number of carbonyl (C=O) groups is 2. The van der Waals surface area contributed by atoms with Gasteiger partial charge in [0, 0.05) is 20.2 Å². The van der Waals surface area contributed by atoms with E-state index in [1.807, 2.05) is 0 Å². The zero-order chi connectivity index (χ0) is 13.8. The molecule has 0 saturated carbocycles. The standard InChI is InChI=1S/C13H17N3O3/c1-19-11-6-12(17)16(13(18)15-8-11)10-4-2-9(7-14)3-5-10/h2-5,11H,6-8,14H2,1H3,(H,15,18). The molecule has 1 unspecified atom stereocenters. The molecular formula is C13H17N3O3. The Bertz CT molecular complexity index is 473. The molecule has 3 amide bonds. The van der Waals surface area contributed by atoms with Gasteiger partial charge in [-0.15, -0.1) is 0 Å². The summed E-state index contributed by atoms with van der Waals surface area (Å²) >= 11 is 0. The Hall–Kier alpha value is -1.92. The highest BCUT2D eigenvalue weighted by Gasteiger charge is 2.30. The van der Waals surface area contributed by atoms with Gasteiger partial charge in [-0.1, -0.05) is 12.1 Å². The van der Waals surface area contributed by atoms with Crippen molar-refractivity contribution in [3.63, 3.8) is 0 Å². The first-order chi connectivity index (χ1) is 9.15. The molecule has 6 heteroatoms. The van der Waals surface area contributed by atoms with E-state index in [4.69, 9.17) is 10.5 Å². The van der Waals surface area contributed by atoms with Gasteiger partial charge in [-0.3, -0.25) is 4.79 Å². The topological polar surface area (TPSA) is 84.7 Å². The summed E-state index contributed by atoms with van der Waals surface area (Å²) < 4.78 is 5.13. The van der Waals surface area contributed by atoms with Crippen molar-refractivity contribution in [2.75, 3.05) is 18.6 Å². The van der Waals surface area contributed by atoms with Crippen LogP contribution in [-0.2, 0) is 16.1 Å². The lowest BCUT2D eigenvalue weighted by atomic mass is 10.2. The fraction of sp³-hybridized carbons (Fsp3) is 0.385. The number of hydrogen-bond acceptors (Lipinski definition) is 4. The molecule has 1 fully saturated rings. The highest BCUT2D eigenvalue weighted by molar-refractivity contribution is 6.14. The maximum atomic E-state index is 12.1. The van der Waals surface area contributed by atoms with Crippen LogP contribution in [0.15, 0.2) is 24.3 Å². The lowest BCUT2D eigenvalue weighted by molar-refractivity contribution is -0.119. The highest BCUT2D eigenvalue weighted by atomic mass is 16.5. The Morgan fingerprint density at radius 3 is 2.63 bits per heavy atom. The van der Waals surface area contributed by atoms with Crippen molar-refractivity contribution in [3.8, 4) is 0 Å². The Morgan fingerprint density at radius 1 is 1.37 bits per heavy atom. The second kappa shape index (κ2) is 5.81. The van der Waals surface area contributed by atoms with Crippen LogP contribution in [0.5, 0.6) is 0 Å². The molecule has 0 spiro atoms. The number of anilines is 1. The maximum Gasteiger partial charge on any atom is 0.328 e. The number of carbonyl (C=O) groups excluding carboxylic acids is 2. The summed E-state index contributed by atoms with van der Waals surface area (Å²) in [5.74, 6) is -0.276. The SMILES string of the molecule is COC1CNC(=O)N(c2ccc(CN)cc2)C(=O)C1. The molecule has 1 aliphatic rings. The zero-order valence-corrected chi connectivity index (χ0v) is 10.8. The molecule has 0 aromatic heterocycles. The first-order valence-electron chi connectivity index (χ1n) is 6.08. The molecule has 1 aromatic rings. The summed E-state index contributed by atoms with van der Waals surface area (Å²) in [6.07, 6.45) is -0.113. The monoisotopic (exact) mass is 263 g/mol. The van der Waals surface area contributed by atoms with Crippen molar-refractivity contribution in [1.29, 1.82) is 0 Å². The first kappa shape index (κ1) is 13.5. The molecule has 1 heterocycles. The van der Waals surface area contributed by atoms with Crippen LogP contribution in [0, 0.1) is 0 Å². The summed E-state index contributed by atoms with van der Waals surface area (Å²) in [4.78, 5) is 25.2. The van der Waals surface area contributed by atoms with Crippen LogP contribution in [0.4, 0.5) is 10.5 Å². The number of rotatable bonds is 3. The number of imide groups is 1. The Labute approximate surface area is 111 Å². The number of methoxy groups -OCH3 is 1. The largest absolute Gasteiger partial charge is 0.379 e. The van der Waals surface area contributed by atoms with E-state index in [2.05, 4.69) is 5.32 Å². The van der Waals surface area contributed by atoms with Gasteiger partial charge in [0.1, 0.15) is 0 Å². The Morgan fingerprint density at radius 2 is 2.05 bits per heavy atom. The molecule has 3 N–H and O–H groups in total. The molecule has 1 saturated heterocycles. The molecule has 1 aromatic carbocycles. The third kappa shape index (κ3) is 2.91. The lowest BCUT2D eigenvalue weighted by Crippen LogP contribution is -2.41. The number of nitrogens with two attached hydrogens (primary N) is 1. The summed E-state index contributed by atoms with van der Waals surface area (Å²) in [5.41, 5.74) is 7.00. The van der Waals surface area contributed by atoms with Crippen molar-refractivity contribution in [2.24, 2.45) is 5.73 Å². The van der Waals surface area contributed by atoms with E-state index in [1.165, 1.54) is 7.11 Å². The molecular weight excluding hydrogens is 246 g/mol. The highest BCUT2D eigenvalue weighted by Crippen LogP contribution is 2.19. The second-order valence-electron chi connectivity index (χ2n) is 4.35. The Balaban J connectivity index is 2.25. The van der Waals surface area contributed by atoms with Crippen LogP contribution < -0.4 is 16.0 Å². The van der Waals surface area contributed by atoms with Crippen LogP contribution in [-0.4, -0.2) is 31.7 Å². The van der Waals surface area contributed by atoms with Gasteiger partial charge in [0.2, 0.25) is 5.91 Å². The third-order valence-electron chi connectivity index (χ3n) is 3.10. The molecule has 1 atom stereocenters. The van der Waals surface area contributed by atoms with Crippen molar-refractivity contribution in [1.82, 2.24) is 5.32 Å². The normalized spacial score (nSPS) is 20.1. The number of hydrogen-bond donors (Lipinski definition) is 2. The number of amides is 3. The number of benzene rings is 1. The summed E-state index contributed by atoms with van der Waals surface area (Å²) in [6, 6.07) is 6.60. The quantitative estimate of drug-likeness (QED) is 0.836. The van der Waals surface area contributed by atoms with E-state index < -0.39 is 6.03 Å². The molecule has 0 radical (unpaired) electrons. The average molecular weight is 263 g/mol. The average Bonchev–Trinajstić information content (AvgIpc) is 2.57.